The Morgan fingerprint density at radius 2 is 1.84 bits per heavy atom. The topological polar surface area (TPSA) is 261 Å². The van der Waals surface area contributed by atoms with E-state index in [0.717, 1.165) is 4.57 Å². The average Bonchev–Trinajstić information content (AvgIpc) is 3.54. The van der Waals surface area contributed by atoms with Crippen molar-refractivity contribution in [2.45, 2.75) is 49.7 Å². The molecule has 5 rings (SSSR count). The number of ether oxygens (including phenoxy) is 2. The van der Waals surface area contributed by atoms with E-state index in [2.05, 4.69) is 24.9 Å². The minimum absolute atomic E-state index is 0.0732. The van der Waals surface area contributed by atoms with Gasteiger partial charge in [-0.15, -0.1) is 0 Å². The summed E-state index contributed by atoms with van der Waals surface area (Å²) in [6.07, 6.45) is -2.27. The van der Waals surface area contributed by atoms with Gasteiger partial charge in [0.1, 0.15) is 0 Å². The molecule has 18 nitrogen and oxygen atoms in total. The number of imidazole rings is 1. The number of nitrogen functional groups attached to an aromatic ring is 2. The Labute approximate surface area is 214 Å². The van der Waals surface area contributed by atoms with Gasteiger partial charge in [0.15, 0.2) is 0 Å². The number of nitrogens with zero attached hydrogens (tertiary/aromatic N) is 6. The number of fused-ring (bicyclic) bond motifs is 1. The molecule has 6 atom stereocenters. The first-order valence-electron chi connectivity index (χ1n) is 11.6. The summed E-state index contributed by atoms with van der Waals surface area (Å²) in [6, 6.07) is 0. The summed E-state index contributed by atoms with van der Waals surface area (Å²) in [6.45, 7) is -0.658. The molecule has 0 bridgehead atoms. The van der Waals surface area contributed by atoms with E-state index in [1.165, 1.54) is 24.8 Å². The molecule has 2 aliphatic rings. The predicted molar refractivity (Wildman–Crippen MR) is 133 cm³/mol. The number of aliphatic hydroxyl groups excluding tert-OH is 2. The van der Waals surface area contributed by atoms with E-state index >= 15 is 0 Å². The number of anilines is 2. The molecule has 0 aromatic carbocycles. The molecule has 206 valence electrons. The Balaban J connectivity index is 1.21. The first-order valence-corrected chi connectivity index (χ1v) is 13.9. The van der Waals surface area contributed by atoms with Gasteiger partial charge in [0.25, 0.3) is 0 Å². The summed E-state index contributed by atoms with van der Waals surface area (Å²) in [7, 11) is -2.47. The number of nitrogens with two attached hydrogens (primary N) is 2. The van der Waals surface area contributed by atoms with E-state index < -0.39 is 62.5 Å². The summed E-state index contributed by atoms with van der Waals surface area (Å²) in [4.78, 5) is 52.9. The van der Waals surface area contributed by atoms with Crippen LogP contribution in [0.4, 0.5) is 11.9 Å². The van der Waals surface area contributed by atoms with Gasteiger partial charge in [-0.2, -0.15) is 0 Å². The van der Waals surface area contributed by atoms with Crippen molar-refractivity contribution in [2.75, 3.05) is 24.7 Å². The molecule has 2 saturated heterocycles. The zero-order chi connectivity index (χ0) is 27.2. The number of rotatable bonds is 8. The fourth-order valence-corrected chi connectivity index (χ4v) is 5.80. The molecule has 0 unspecified atom stereocenters. The molecule has 20 heteroatoms. The zero-order valence-corrected chi connectivity index (χ0v) is 21.1. The fourth-order valence-electron chi connectivity index (χ4n) is 4.45. The number of aromatic nitrogens is 7. The van der Waals surface area contributed by atoms with Gasteiger partial charge in [0.2, 0.25) is 0 Å². The van der Waals surface area contributed by atoms with E-state index in [4.69, 9.17) is 30.0 Å². The van der Waals surface area contributed by atoms with Gasteiger partial charge in [-0.3, -0.25) is 0 Å². The van der Waals surface area contributed by atoms with Crippen LogP contribution < -0.4 is 22.7 Å². The molecule has 2 fully saturated rings. The van der Waals surface area contributed by atoms with Gasteiger partial charge < -0.3 is 0 Å². The van der Waals surface area contributed by atoms with Gasteiger partial charge in [-0.1, -0.05) is 0 Å². The van der Waals surface area contributed by atoms with Gasteiger partial charge in [0.05, 0.1) is 0 Å². The monoisotopic (exact) mass is 555 g/mol. The van der Waals surface area contributed by atoms with Gasteiger partial charge >= 0.3 is 214 Å². The van der Waals surface area contributed by atoms with Crippen LogP contribution in [0.25, 0.3) is 11.2 Å². The van der Waals surface area contributed by atoms with Gasteiger partial charge in [-0.05, 0) is 0 Å². The second-order valence-corrected chi connectivity index (χ2v) is 11.3. The van der Waals surface area contributed by atoms with Crippen molar-refractivity contribution in [3.05, 3.63) is 33.5 Å². The first-order chi connectivity index (χ1) is 18.0. The standard InChI is InChI=1S/C18H27BN9O9P/c19-38(33,37-8-2-12(35-9(8)3-29)28-6-23-16(20)26-18(28)32)34-4-10-7(30)1-11(36-10)27-5-22-13-14(27)24-17(21)25-15(13)31/h5-12,29-30,33,38H,1-4,19H2,(H2,20,26,32)(H3,21,24,25,31)/t7-,8-,9-,10-,11-,12-/m1/s1. The van der Waals surface area contributed by atoms with Crippen molar-refractivity contribution in [1.29, 1.82) is 0 Å². The normalized spacial score (nSPS) is 28.3. The van der Waals surface area contributed by atoms with Crippen molar-refractivity contribution >= 4 is 38.4 Å². The SMILES string of the molecule is B[PH](O)(OC[C@H]1O[C@@H](n2cnc3c(=O)[nH]c(N)nc32)C[C@H]1O)O[C@@H]1C[C@H](n2cnc(N)nc2=O)O[C@@H]1CO. The number of H-pyrrole nitrogens is 1. The Morgan fingerprint density at radius 1 is 1.13 bits per heavy atom. The van der Waals surface area contributed by atoms with Crippen LogP contribution in [0.15, 0.2) is 22.2 Å². The van der Waals surface area contributed by atoms with Crippen LogP contribution in [-0.4, -0.2) is 94.4 Å². The van der Waals surface area contributed by atoms with Crippen LogP contribution >= 0.6 is 7.82 Å². The van der Waals surface area contributed by atoms with Crippen LogP contribution in [0.1, 0.15) is 25.3 Å². The molecular formula is C18H27BN9O9P. The van der Waals surface area contributed by atoms with E-state index in [9.17, 15) is 24.7 Å². The van der Waals surface area contributed by atoms with Crippen LogP contribution in [0, 0.1) is 0 Å². The van der Waals surface area contributed by atoms with Crippen molar-refractivity contribution in [3.8, 4) is 0 Å². The molecular weight excluding hydrogens is 528 g/mol. The second-order valence-electron chi connectivity index (χ2n) is 9.02. The Hall–Kier alpha value is -3.03. The second kappa shape index (κ2) is 10.3. The molecule has 0 radical (unpaired) electrons. The van der Waals surface area contributed by atoms with Crippen molar-refractivity contribution in [1.82, 2.24) is 34.1 Å². The number of hydrogen-bond acceptors (Lipinski definition) is 15. The molecule has 3 aromatic heterocycles. The third-order valence-corrected chi connectivity index (χ3v) is 7.71. The molecule has 3 aromatic rings. The van der Waals surface area contributed by atoms with E-state index in [1.54, 1.807) is 0 Å². The zero-order valence-electron chi connectivity index (χ0n) is 20.1. The predicted octanol–water partition coefficient (Wildman–Crippen LogP) is -3.70. The molecule has 38 heavy (non-hydrogen) atoms. The maximum atomic E-state index is 12.1. The van der Waals surface area contributed by atoms with Crippen LogP contribution in [-0.2, 0) is 18.5 Å². The van der Waals surface area contributed by atoms with E-state index in [0.29, 0.717) is 0 Å². The maximum absolute atomic E-state index is 12.1. The Bertz CT molecular complexity index is 1430. The first kappa shape index (κ1) is 26.6. The average molecular weight is 555 g/mol. The number of aliphatic hydroxyl groups is 2. The van der Waals surface area contributed by atoms with Gasteiger partial charge in [0, 0.05) is 0 Å². The summed E-state index contributed by atoms with van der Waals surface area (Å²) >= 11 is 0. The molecule has 0 spiro atoms. The summed E-state index contributed by atoms with van der Waals surface area (Å²) < 4.78 is 25.6. The van der Waals surface area contributed by atoms with Gasteiger partial charge in [-0.25, -0.2) is 0 Å². The molecule has 2 aliphatic heterocycles. The molecule has 0 amide bonds. The molecule has 8 N–H and O–H groups in total. The van der Waals surface area contributed by atoms with Crippen molar-refractivity contribution in [2.24, 2.45) is 0 Å². The number of nitrogens with one attached hydrogen (secondary N) is 1. The van der Waals surface area contributed by atoms with E-state index in [1.807, 2.05) is 0 Å². The summed E-state index contributed by atoms with van der Waals surface area (Å²) in [5.74, 6) is -0.275. The fraction of sp³-hybridized carbons (Fsp3) is 0.556. The third-order valence-electron chi connectivity index (χ3n) is 6.27. The van der Waals surface area contributed by atoms with Crippen LogP contribution in [0.5, 0.6) is 0 Å². The van der Waals surface area contributed by atoms with Crippen LogP contribution in [0.3, 0.4) is 0 Å². The third kappa shape index (κ3) is 5.27. The number of aromatic amines is 1. The molecule has 0 aliphatic carbocycles. The molecule has 5 heterocycles. The Morgan fingerprint density at radius 3 is 2.58 bits per heavy atom. The summed E-state index contributed by atoms with van der Waals surface area (Å²) in [5.41, 5.74) is 10.1. The van der Waals surface area contributed by atoms with E-state index in [-0.39, 0.29) is 42.5 Å². The summed E-state index contributed by atoms with van der Waals surface area (Å²) in [5, 5.41) is 20.3. The van der Waals surface area contributed by atoms with Crippen molar-refractivity contribution < 1.29 is 33.6 Å². The van der Waals surface area contributed by atoms with Crippen LogP contribution in [0.2, 0.25) is 0 Å². The number of hydrogen-bond donors (Lipinski definition) is 6. The minimum atomic E-state index is -3.84. The Kier molecular flexibility index (Phi) is 7.18. The quantitative estimate of drug-likeness (QED) is 0.115. The van der Waals surface area contributed by atoms with Crippen molar-refractivity contribution in [3.63, 3.8) is 0 Å². The molecule has 0 saturated carbocycles.